The van der Waals surface area contributed by atoms with Crippen LogP contribution in [-0.4, -0.2) is 63.6 Å². The minimum atomic E-state index is -2.89. The molecule has 1 fully saturated rings. The maximum Gasteiger partial charge on any atom is 1.00 e. The van der Waals surface area contributed by atoms with E-state index in [1.54, 1.807) is 0 Å². The van der Waals surface area contributed by atoms with Crippen molar-refractivity contribution in [1.82, 2.24) is 0 Å². The van der Waals surface area contributed by atoms with Gasteiger partial charge in [-0.2, -0.15) is 0 Å². The van der Waals surface area contributed by atoms with Crippen molar-refractivity contribution in [2.24, 2.45) is 0 Å². The third-order valence-electron chi connectivity index (χ3n) is 4.30. The Morgan fingerprint density at radius 1 is 1.16 bits per heavy atom. The van der Waals surface area contributed by atoms with Crippen molar-refractivity contribution in [3.63, 3.8) is 0 Å². The number of aliphatic hydroxyl groups is 4. The van der Waals surface area contributed by atoms with Crippen molar-refractivity contribution >= 4 is 11.1 Å². The van der Waals surface area contributed by atoms with Gasteiger partial charge in [-0.3, -0.25) is 4.21 Å². The molecule has 0 aliphatic carbocycles. The van der Waals surface area contributed by atoms with Crippen molar-refractivity contribution in [2.75, 3.05) is 6.61 Å². The quantitative estimate of drug-likeness (QED) is 0.296. The topological polar surface area (TPSA) is 130 Å². The van der Waals surface area contributed by atoms with E-state index >= 15 is 0 Å². The average Bonchev–Trinajstić information content (AvgIpc) is 2.22. The molecular formula is C10H19KO7S. The fourth-order valence-corrected chi connectivity index (χ4v) is 2.88. The fraction of sp³-hybridized carbons (Fsp3) is 1.00. The Balaban J connectivity index is 0.00000324. The first kappa shape index (κ1) is 20.5. The molecule has 1 heterocycles. The molecule has 19 heavy (non-hydrogen) atoms. The van der Waals surface area contributed by atoms with Crippen molar-refractivity contribution in [2.45, 2.75) is 55.5 Å². The van der Waals surface area contributed by atoms with E-state index in [4.69, 9.17) is 9.84 Å². The molecule has 9 heteroatoms. The first-order valence-electron chi connectivity index (χ1n) is 5.41. The summed E-state index contributed by atoms with van der Waals surface area (Å²) in [5.41, 5.74) is -6.51. The maximum absolute atomic E-state index is 11.3. The number of ether oxygens (including phenoxy) is 1. The zero-order valence-corrected chi connectivity index (χ0v) is 15.6. The van der Waals surface area contributed by atoms with Crippen LogP contribution in [0.15, 0.2) is 0 Å². The normalized spacial score (nSPS) is 52.4. The third-order valence-corrected chi connectivity index (χ3v) is 5.43. The van der Waals surface area contributed by atoms with Crippen molar-refractivity contribution in [3.05, 3.63) is 0 Å². The zero-order chi connectivity index (χ0) is 14.6. The van der Waals surface area contributed by atoms with Gasteiger partial charge in [-0.05, 0) is 38.8 Å². The van der Waals surface area contributed by atoms with Crippen LogP contribution in [0, 0.1) is 0 Å². The van der Waals surface area contributed by atoms with Gasteiger partial charge in [-0.1, -0.05) is 0 Å². The third kappa shape index (κ3) is 2.66. The molecule has 0 bridgehead atoms. The Bertz CT molecular complexity index is 371. The molecule has 108 valence electrons. The van der Waals surface area contributed by atoms with E-state index in [0.717, 1.165) is 27.7 Å². The van der Waals surface area contributed by atoms with Crippen LogP contribution in [0.5, 0.6) is 0 Å². The van der Waals surface area contributed by atoms with Gasteiger partial charge in [0.15, 0.2) is 4.93 Å². The number of hydrogen-bond donors (Lipinski definition) is 4. The number of aliphatic hydroxyl groups excluding tert-OH is 1. The van der Waals surface area contributed by atoms with Gasteiger partial charge in [-0.15, -0.1) is 0 Å². The SMILES string of the molecule is CC1(S(=O)[O-])O[C@H](CO)[C@@](C)(O)[C@](C)(O)[C@@]1(C)O.[K+]. The predicted octanol–water partition coefficient (Wildman–Crippen LogP) is -4.77. The van der Waals surface area contributed by atoms with Crippen LogP contribution in [0.1, 0.15) is 27.7 Å². The Hall–Kier alpha value is 1.55. The molecule has 0 radical (unpaired) electrons. The molecule has 0 aromatic heterocycles. The minimum absolute atomic E-state index is 0. The molecule has 7 nitrogen and oxygen atoms in total. The first-order valence-corrected chi connectivity index (χ1v) is 6.49. The number of hydrogen-bond acceptors (Lipinski definition) is 7. The van der Waals surface area contributed by atoms with Gasteiger partial charge >= 0.3 is 51.4 Å². The van der Waals surface area contributed by atoms with E-state index < -0.39 is 45.5 Å². The average molecular weight is 322 g/mol. The van der Waals surface area contributed by atoms with E-state index in [-0.39, 0.29) is 51.4 Å². The number of rotatable bonds is 2. The van der Waals surface area contributed by atoms with E-state index in [1.165, 1.54) is 0 Å². The van der Waals surface area contributed by atoms with Crippen LogP contribution < -0.4 is 51.4 Å². The summed E-state index contributed by atoms with van der Waals surface area (Å²) in [6.07, 6.45) is -1.35. The standard InChI is InChI=1S/C10H20O7S.K/c1-7(12)6(5-11)17-10(4,18(15)16)9(3,14)8(7,2)13;/h6,11-14H,5H2,1-4H3,(H,15,16);/q;+1/p-1/t6-,7-,8+,9-,10?;/m1./s1. The van der Waals surface area contributed by atoms with Gasteiger partial charge in [0.25, 0.3) is 0 Å². The first-order chi connectivity index (χ1) is 7.86. The molecule has 0 saturated carbocycles. The van der Waals surface area contributed by atoms with E-state index in [9.17, 15) is 24.1 Å². The van der Waals surface area contributed by atoms with E-state index in [2.05, 4.69) is 0 Å². The Kier molecular flexibility index (Phi) is 6.46. The van der Waals surface area contributed by atoms with Crippen LogP contribution in [0.4, 0.5) is 0 Å². The van der Waals surface area contributed by atoms with E-state index in [1.807, 2.05) is 0 Å². The molecule has 0 aromatic rings. The fourth-order valence-electron chi connectivity index (χ4n) is 2.17. The summed E-state index contributed by atoms with van der Waals surface area (Å²) in [4.78, 5) is -2.16. The molecule has 1 rings (SSSR count). The second-order valence-electron chi connectivity index (χ2n) is 5.26. The Morgan fingerprint density at radius 3 is 1.89 bits per heavy atom. The van der Waals surface area contributed by atoms with Crippen LogP contribution in [-0.2, 0) is 15.8 Å². The van der Waals surface area contributed by atoms with Crippen LogP contribution in [0.2, 0.25) is 0 Å². The molecule has 1 saturated heterocycles. The maximum atomic E-state index is 11.3. The monoisotopic (exact) mass is 322 g/mol. The molecule has 4 N–H and O–H groups in total. The summed E-state index contributed by atoms with van der Waals surface area (Å²) in [5.74, 6) is 0. The van der Waals surface area contributed by atoms with Crippen LogP contribution in [0.3, 0.4) is 0 Å². The molecule has 0 aromatic carbocycles. The predicted molar refractivity (Wildman–Crippen MR) is 61.2 cm³/mol. The van der Waals surface area contributed by atoms with Crippen LogP contribution in [0.25, 0.3) is 0 Å². The largest absolute Gasteiger partial charge is 1.00 e. The van der Waals surface area contributed by atoms with Gasteiger partial charge < -0.3 is 29.7 Å². The molecule has 1 aliphatic heterocycles. The van der Waals surface area contributed by atoms with Crippen LogP contribution >= 0.6 is 0 Å². The molecule has 2 unspecified atom stereocenters. The summed E-state index contributed by atoms with van der Waals surface area (Å²) in [6, 6.07) is 0. The minimum Gasteiger partial charge on any atom is -0.770 e. The van der Waals surface area contributed by atoms with Gasteiger partial charge in [-0.25, -0.2) is 0 Å². The Labute approximate surface area is 157 Å². The molecule has 6 atom stereocenters. The molecule has 0 amide bonds. The summed E-state index contributed by atoms with van der Waals surface area (Å²) in [7, 11) is 0. The van der Waals surface area contributed by atoms with Gasteiger partial charge in [0.1, 0.15) is 22.9 Å². The van der Waals surface area contributed by atoms with Gasteiger partial charge in [0.2, 0.25) is 0 Å². The van der Waals surface area contributed by atoms with Crippen molar-refractivity contribution in [1.29, 1.82) is 0 Å². The zero-order valence-electron chi connectivity index (χ0n) is 11.7. The summed E-state index contributed by atoms with van der Waals surface area (Å²) >= 11 is -2.89. The summed E-state index contributed by atoms with van der Waals surface area (Å²) in [5, 5.41) is 40.1. The second-order valence-corrected chi connectivity index (χ2v) is 6.51. The molecule has 0 spiro atoms. The van der Waals surface area contributed by atoms with Gasteiger partial charge in [0, 0.05) is 0 Å². The second kappa shape index (κ2) is 5.97. The summed E-state index contributed by atoms with van der Waals surface area (Å²) in [6.45, 7) is 3.69. The Morgan fingerprint density at radius 2 is 1.58 bits per heavy atom. The van der Waals surface area contributed by atoms with Gasteiger partial charge in [0.05, 0.1) is 6.61 Å². The van der Waals surface area contributed by atoms with E-state index in [0.29, 0.717) is 0 Å². The summed E-state index contributed by atoms with van der Waals surface area (Å²) < 4.78 is 27.7. The van der Waals surface area contributed by atoms with Crippen molar-refractivity contribution < 1.29 is 85.3 Å². The molecular weight excluding hydrogens is 303 g/mol. The molecule has 1 aliphatic rings. The smallest absolute Gasteiger partial charge is 0.770 e. The van der Waals surface area contributed by atoms with Crippen molar-refractivity contribution in [3.8, 4) is 0 Å².